The number of thiol groups is 1. The van der Waals surface area contributed by atoms with Gasteiger partial charge in [0, 0.05) is 29.6 Å². The van der Waals surface area contributed by atoms with Crippen molar-refractivity contribution in [3.05, 3.63) is 59.5 Å². The maximum absolute atomic E-state index is 13.2. The highest BCUT2D eigenvalue weighted by molar-refractivity contribution is 7.82. The van der Waals surface area contributed by atoms with Gasteiger partial charge in [-0.2, -0.15) is 0 Å². The van der Waals surface area contributed by atoms with Crippen molar-refractivity contribution < 1.29 is 13.7 Å². The zero-order valence-corrected chi connectivity index (χ0v) is 22.5. The quantitative estimate of drug-likeness (QED) is 0.147. The molecule has 3 aromatic rings. The van der Waals surface area contributed by atoms with Gasteiger partial charge in [0.05, 0.1) is 12.8 Å². The fraction of sp³-hybridized carbons (Fsp3) is 0.407. The molecule has 1 unspecified atom stereocenters. The summed E-state index contributed by atoms with van der Waals surface area (Å²) in [4.78, 5) is 18.1. The summed E-state index contributed by atoms with van der Waals surface area (Å²) in [6, 6.07) is 14.7. The molecule has 3 rings (SSSR count). The molecule has 35 heavy (non-hydrogen) atoms. The van der Waals surface area contributed by atoms with Crippen LogP contribution in [0.3, 0.4) is 0 Å². The van der Waals surface area contributed by atoms with Crippen molar-refractivity contribution in [1.82, 2.24) is 9.29 Å². The Hall–Kier alpha value is -2.55. The molecule has 1 heterocycles. The largest absolute Gasteiger partial charge is 0.497 e. The normalized spacial score (nSPS) is 12.0. The molecule has 0 bridgehead atoms. The maximum atomic E-state index is 13.2. The summed E-state index contributed by atoms with van der Waals surface area (Å²) in [5.74, 6) is 0.554. The average molecular weight is 515 g/mol. The van der Waals surface area contributed by atoms with E-state index in [1.54, 1.807) is 19.2 Å². The third kappa shape index (κ3) is 7.98. The summed E-state index contributed by atoms with van der Waals surface area (Å²) in [5, 5.41) is 5.32. The monoisotopic (exact) mass is 514 g/mol. The second-order valence-electron chi connectivity index (χ2n) is 8.41. The van der Waals surface area contributed by atoms with Crippen LogP contribution < -0.4 is 10.1 Å². The minimum atomic E-state index is -1.65. The molecule has 1 aromatic heterocycles. The van der Waals surface area contributed by atoms with Crippen LogP contribution in [0.5, 0.6) is 5.75 Å². The molecule has 0 aliphatic rings. The Morgan fingerprint density at radius 2 is 1.60 bits per heavy atom. The van der Waals surface area contributed by atoms with Crippen LogP contribution in [0.4, 0.5) is 5.13 Å². The first-order chi connectivity index (χ1) is 17.0. The maximum Gasteiger partial charge on any atom is 0.257 e. The number of ether oxygens (including phenoxy) is 1. The average Bonchev–Trinajstić information content (AvgIpc) is 3.36. The summed E-state index contributed by atoms with van der Waals surface area (Å²) < 4.78 is 20.5. The van der Waals surface area contributed by atoms with Gasteiger partial charge < -0.3 is 4.74 Å². The summed E-state index contributed by atoms with van der Waals surface area (Å²) in [6.45, 7) is 6.04. The number of amides is 1. The minimum Gasteiger partial charge on any atom is -0.497 e. The SMILES string of the molecule is CCCCCN(CCCCC)[SH+](=O)c1ccc(C(=O)Nc2nc(-c3ccc(OC)cc3)cs2)cc1. The third-order valence-corrected chi connectivity index (χ3v) is 8.17. The Morgan fingerprint density at radius 1 is 0.971 bits per heavy atom. The van der Waals surface area contributed by atoms with E-state index in [1.165, 1.54) is 11.3 Å². The molecule has 0 aliphatic heterocycles. The van der Waals surface area contributed by atoms with E-state index in [0.717, 1.165) is 73.5 Å². The highest BCUT2D eigenvalue weighted by Crippen LogP contribution is 2.27. The van der Waals surface area contributed by atoms with Crippen LogP contribution in [0.2, 0.25) is 0 Å². The van der Waals surface area contributed by atoms with Crippen molar-refractivity contribution in [3.8, 4) is 17.0 Å². The molecule has 1 N–H and O–H groups in total. The van der Waals surface area contributed by atoms with Crippen LogP contribution >= 0.6 is 11.3 Å². The number of carbonyl (C=O) groups excluding carboxylic acids is 1. The van der Waals surface area contributed by atoms with Crippen molar-refractivity contribution in [3.63, 3.8) is 0 Å². The Balaban J connectivity index is 1.62. The van der Waals surface area contributed by atoms with Gasteiger partial charge in [0.2, 0.25) is 0 Å². The molecule has 6 nitrogen and oxygen atoms in total. The van der Waals surface area contributed by atoms with Gasteiger partial charge in [-0.3, -0.25) is 10.1 Å². The molecule has 0 saturated heterocycles. The number of hydrogen-bond acceptors (Lipinski definition) is 5. The molecule has 0 fully saturated rings. The number of nitrogens with zero attached hydrogens (tertiary/aromatic N) is 2. The molecule has 1 atom stereocenters. The molecule has 8 heteroatoms. The van der Waals surface area contributed by atoms with Crippen LogP contribution in [-0.2, 0) is 15.2 Å². The zero-order valence-electron chi connectivity index (χ0n) is 20.8. The van der Waals surface area contributed by atoms with E-state index in [1.807, 2.05) is 41.8 Å². The molecular weight excluding hydrogens is 478 g/mol. The molecule has 188 valence electrons. The lowest BCUT2D eigenvalue weighted by Crippen LogP contribution is -2.28. The van der Waals surface area contributed by atoms with E-state index in [4.69, 9.17) is 4.74 Å². The highest BCUT2D eigenvalue weighted by atomic mass is 32.2. The third-order valence-electron chi connectivity index (χ3n) is 5.76. The lowest BCUT2D eigenvalue weighted by Gasteiger charge is -2.15. The fourth-order valence-corrected chi connectivity index (χ4v) is 5.77. The predicted molar refractivity (Wildman–Crippen MR) is 147 cm³/mol. The van der Waals surface area contributed by atoms with Gasteiger partial charge >= 0.3 is 0 Å². The Morgan fingerprint density at radius 3 is 2.17 bits per heavy atom. The van der Waals surface area contributed by atoms with Crippen molar-refractivity contribution in [2.75, 3.05) is 25.5 Å². The van der Waals surface area contributed by atoms with Gasteiger partial charge in [-0.15, -0.1) is 15.6 Å². The summed E-state index contributed by atoms with van der Waals surface area (Å²) in [6.07, 6.45) is 6.67. The van der Waals surface area contributed by atoms with E-state index in [9.17, 15) is 9.00 Å². The molecule has 0 spiro atoms. The smallest absolute Gasteiger partial charge is 0.257 e. The van der Waals surface area contributed by atoms with Crippen molar-refractivity contribution in [1.29, 1.82) is 0 Å². The van der Waals surface area contributed by atoms with Crippen LogP contribution in [0.15, 0.2) is 58.8 Å². The number of benzene rings is 2. The number of anilines is 1. The van der Waals surface area contributed by atoms with Crippen LogP contribution in [0, 0.1) is 0 Å². The molecule has 0 saturated carbocycles. The van der Waals surface area contributed by atoms with Crippen molar-refractivity contribution >= 4 is 33.4 Å². The Kier molecular flexibility index (Phi) is 10.9. The van der Waals surface area contributed by atoms with E-state index in [-0.39, 0.29) is 5.91 Å². The van der Waals surface area contributed by atoms with E-state index in [0.29, 0.717) is 10.7 Å². The molecule has 0 aliphatic carbocycles. The second-order valence-corrected chi connectivity index (χ2v) is 10.9. The number of unbranched alkanes of at least 4 members (excludes halogenated alkanes) is 4. The minimum absolute atomic E-state index is 0.231. The van der Waals surface area contributed by atoms with Crippen LogP contribution in [-0.4, -0.2) is 35.4 Å². The lowest BCUT2D eigenvalue weighted by molar-refractivity contribution is 0.102. The first kappa shape index (κ1) is 27.0. The predicted octanol–water partition coefficient (Wildman–Crippen LogP) is 6.72. The number of thiazole rings is 1. The second kappa shape index (κ2) is 14.1. The number of nitrogens with one attached hydrogen (secondary N) is 1. The molecular formula is C27H36N3O3S2+. The summed E-state index contributed by atoms with van der Waals surface area (Å²) in [5.41, 5.74) is 2.27. The molecule has 1 amide bonds. The topological polar surface area (TPSA) is 71.5 Å². The summed E-state index contributed by atoms with van der Waals surface area (Å²) in [7, 11) is -0.0135. The molecule has 2 aromatic carbocycles. The van der Waals surface area contributed by atoms with Gasteiger partial charge in [0.1, 0.15) is 5.75 Å². The lowest BCUT2D eigenvalue weighted by atomic mass is 10.2. The van der Waals surface area contributed by atoms with Crippen molar-refractivity contribution in [2.45, 2.75) is 57.3 Å². The van der Waals surface area contributed by atoms with E-state index in [2.05, 4.69) is 28.5 Å². The Bertz CT molecular complexity index is 1070. The van der Waals surface area contributed by atoms with Crippen LogP contribution in [0.25, 0.3) is 11.3 Å². The van der Waals surface area contributed by atoms with Gasteiger partial charge in [0.25, 0.3) is 5.91 Å². The first-order valence-electron chi connectivity index (χ1n) is 12.3. The van der Waals surface area contributed by atoms with Gasteiger partial charge in [-0.1, -0.05) is 43.7 Å². The van der Waals surface area contributed by atoms with E-state index >= 15 is 0 Å². The highest BCUT2D eigenvalue weighted by Gasteiger charge is 2.21. The number of carbonyl (C=O) groups is 1. The van der Waals surface area contributed by atoms with Gasteiger partial charge in [-0.25, -0.2) is 4.98 Å². The van der Waals surface area contributed by atoms with Gasteiger partial charge in [0.15, 0.2) is 21.0 Å². The fourth-order valence-electron chi connectivity index (χ4n) is 3.68. The Labute approximate surface area is 215 Å². The molecule has 0 radical (unpaired) electrons. The van der Waals surface area contributed by atoms with E-state index < -0.39 is 11.0 Å². The van der Waals surface area contributed by atoms with Crippen LogP contribution in [0.1, 0.15) is 62.7 Å². The number of rotatable bonds is 14. The number of hydrogen-bond donors (Lipinski definition) is 1. The van der Waals surface area contributed by atoms with Gasteiger partial charge in [-0.05, 0) is 61.4 Å². The standard InChI is InChI=1S/C27H35N3O3S2/c1-4-6-8-18-30(19-9-7-5-2)35(32)24-16-12-22(13-17-24)26(31)29-27-28-25(20-34-27)21-10-14-23(33-3)15-11-21/h10-17,20H,4-9,18-19H2,1-3H3,(H,28,29,31)/p+1. The number of aromatic nitrogens is 1. The number of methoxy groups -OCH3 is 1. The summed E-state index contributed by atoms with van der Waals surface area (Å²) >= 11 is 1.38. The zero-order chi connectivity index (χ0) is 25.0. The van der Waals surface area contributed by atoms with Crippen molar-refractivity contribution in [2.24, 2.45) is 0 Å². The first-order valence-corrected chi connectivity index (χ1v) is 14.4.